The van der Waals surface area contributed by atoms with Gasteiger partial charge in [-0.25, -0.2) is 0 Å². The van der Waals surface area contributed by atoms with Crippen LogP contribution in [0.4, 0.5) is 11.4 Å². The fraction of sp³-hybridized carbons (Fsp3) is 0.467. The van der Waals surface area contributed by atoms with E-state index in [1.165, 1.54) is 6.92 Å². The number of nitrogens with two attached hydrogens (primary N) is 1. The van der Waals surface area contributed by atoms with Crippen LogP contribution in [-0.4, -0.2) is 17.9 Å². The number of hydrogen-bond donors (Lipinski definition) is 3. The van der Waals surface area contributed by atoms with Crippen LogP contribution in [0.25, 0.3) is 0 Å². The topological polar surface area (TPSA) is 84.2 Å². The van der Waals surface area contributed by atoms with Crippen molar-refractivity contribution in [3.05, 3.63) is 23.8 Å². The van der Waals surface area contributed by atoms with Gasteiger partial charge in [-0.1, -0.05) is 19.8 Å². The molecule has 1 aromatic carbocycles. The molecule has 20 heavy (non-hydrogen) atoms. The molecular weight excluding hydrogens is 254 g/mol. The van der Waals surface area contributed by atoms with E-state index >= 15 is 0 Å². The number of carbonyl (C=O) groups excluding carboxylic acids is 2. The fourth-order valence-corrected chi connectivity index (χ4v) is 1.86. The third-order valence-electron chi connectivity index (χ3n) is 3.01. The van der Waals surface area contributed by atoms with Gasteiger partial charge in [-0.15, -0.1) is 0 Å². The van der Waals surface area contributed by atoms with Crippen molar-refractivity contribution in [2.24, 2.45) is 5.73 Å². The number of rotatable bonds is 6. The summed E-state index contributed by atoms with van der Waals surface area (Å²) < 4.78 is 0. The Morgan fingerprint density at radius 2 is 2.00 bits per heavy atom. The molecule has 0 unspecified atom stereocenters. The van der Waals surface area contributed by atoms with Gasteiger partial charge in [0.15, 0.2) is 0 Å². The van der Waals surface area contributed by atoms with Crippen molar-refractivity contribution in [1.29, 1.82) is 0 Å². The van der Waals surface area contributed by atoms with Crippen LogP contribution < -0.4 is 16.4 Å². The predicted octanol–water partition coefficient (Wildman–Crippen LogP) is 2.41. The van der Waals surface area contributed by atoms with Crippen LogP contribution in [-0.2, 0) is 9.59 Å². The molecule has 0 aliphatic carbocycles. The first-order valence-corrected chi connectivity index (χ1v) is 6.88. The fourth-order valence-electron chi connectivity index (χ4n) is 1.86. The second-order valence-electron chi connectivity index (χ2n) is 4.95. The molecule has 1 atom stereocenters. The molecule has 0 heterocycles. The zero-order valence-electron chi connectivity index (χ0n) is 12.3. The van der Waals surface area contributed by atoms with E-state index in [0.29, 0.717) is 12.1 Å². The highest BCUT2D eigenvalue weighted by Crippen LogP contribution is 2.20. The second kappa shape index (κ2) is 7.65. The van der Waals surface area contributed by atoms with Crippen molar-refractivity contribution in [2.75, 3.05) is 10.6 Å². The number of amides is 2. The molecule has 0 saturated carbocycles. The maximum Gasteiger partial charge on any atom is 0.241 e. The molecule has 0 aromatic heterocycles. The average molecular weight is 277 g/mol. The molecular formula is C15H23N3O2. The van der Waals surface area contributed by atoms with Gasteiger partial charge in [0, 0.05) is 18.3 Å². The first-order chi connectivity index (χ1) is 9.43. The summed E-state index contributed by atoms with van der Waals surface area (Å²) in [4.78, 5) is 22.9. The smallest absolute Gasteiger partial charge is 0.241 e. The van der Waals surface area contributed by atoms with Crippen molar-refractivity contribution in [3.63, 3.8) is 0 Å². The number of carbonyl (C=O) groups is 2. The van der Waals surface area contributed by atoms with Crippen LogP contribution in [0, 0.1) is 6.92 Å². The van der Waals surface area contributed by atoms with E-state index in [1.54, 1.807) is 12.1 Å². The van der Waals surface area contributed by atoms with Gasteiger partial charge in [-0.05, 0) is 37.1 Å². The summed E-state index contributed by atoms with van der Waals surface area (Å²) in [6, 6.07) is 4.85. The van der Waals surface area contributed by atoms with Gasteiger partial charge in [-0.2, -0.15) is 0 Å². The quantitative estimate of drug-likeness (QED) is 0.746. The van der Waals surface area contributed by atoms with E-state index in [9.17, 15) is 9.59 Å². The van der Waals surface area contributed by atoms with E-state index in [4.69, 9.17) is 5.73 Å². The molecule has 0 spiro atoms. The standard InChI is InChI=1S/C15H23N3O2/c1-4-5-6-13(16)15(20)18-12-7-8-14(10(2)9-12)17-11(3)19/h7-9,13H,4-6,16H2,1-3H3,(H,17,19)(H,18,20)/t13-/m0/s1. The van der Waals surface area contributed by atoms with Gasteiger partial charge in [0.25, 0.3) is 0 Å². The van der Waals surface area contributed by atoms with Gasteiger partial charge in [0.2, 0.25) is 11.8 Å². The maximum absolute atomic E-state index is 11.9. The first kappa shape index (κ1) is 16.2. The lowest BCUT2D eigenvalue weighted by molar-refractivity contribution is -0.117. The molecule has 0 aliphatic heterocycles. The molecule has 0 saturated heterocycles. The lowest BCUT2D eigenvalue weighted by Crippen LogP contribution is -2.35. The van der Waals surface area contributed by atoms with Gasteiger partial charge in [-0.3, -0.25) is 9.59 Å². The van der Waals surface area contributed by atoms with E-state index in [-0.39, 0.29) is 11.8 Å². The minimum atomic E-state index is -0.481. The summed E-state index contributed by atoms with van der Waals surface area (Å²) in [5.41, 5.74) is 8.13. The van der Waals surface area contributed by atoms with Gasteiger partial charge < -0.3 is 16.4 Å². The second-order valence-corrected chi connectivity index (χ2v) is 4.95. The Kier molecular flexibility index (Phi) is 6.18. The van der Waals surface area contributed by atoms with Crippen LogP contribution in [0.5, 0.6) is 0 Å². The number of anilines is 2. The number of hydrogen-bond acceptors (Lipinski definition) is 3. The highest BCUT2D eigenvalue weighted by Gasteiger charge is 2.13. The Balaban J connectivity index is 2.67. The van der Waals surface area contributed by atoms with Crippen LogP contribution >= 0.6 is 0 Å². The molecule has 5 heteroatoms. The van der Waals surface area contributed by atoms with Crippen molar-refractivity contribution >= 4 is 23.2 Å². The summed E-state index contributed by atoms with van der Waals surface area (Å²) >= 11 is 0. The molecule has 4 N–H and O–H groups in total. The summed E-state index contributed by atoms with van der Waals surface area (Å²) in [7, 11) is 0. The molecule has 1 rings (SSSR count). The van der Waals surface area contributed by atoms with Crippen molar-refractivity contribution in [2.45, 2.75) is 46.1 Å². The van der Waals surface area contributed by atoms with E-state index < -0.39 is 6.04 Å². The Bertz CT molecular complexity index is 486. The number of aryl methyl sites for hydroxylation is 1. The van der Waals surface area contributed by atoms with Crippen molar-refractivity contribution in [1.82, 2.24) is 0 Å². The minimum absolute atomic E-state index is 0.119. The van der Waals surface area contributed by atoms with Gasteiger partial charge >= 0.3 is 0 Å². The number of unbranched alkanes of at least 4 members (excludes halogenated alkanes) is 1. The number of nitrogens with one attached hydrogen (secondary N) is 2. The minimum Gasteiger partial charge on any atom is -0.326 e. The molecule has 5 nitrogen and oxygen atoms in total. The Labute approximate surface area is 119 Å². The molecule has 0 aliphatic rings. The van der Waals surface area contributed by atoms with Crippen LogP contribution in [0.15, 0.2) is 18.2 Å². The highest BCUT2D eigenvalue weighted by molar-refractivity contribution is 5.95. The van der Waals surface area contributed by atoms with E-state index in [0.717, 1.165) is 24.1 Å². The summed E-state index contributed by atoms with van der Waals surface area (Å²) in [6.07, 6.45) is 2.64. The third-order valence-corrected chi connectivity index (χ3v) is 3.01. The van der Waals surface area contributed by atoms with Gasteiger partial charge in [0.1, 0.15) is 0 Å². The first-order valence-electron chi connectivity index (χ1n) is 6.88. The number of benzene rings is 1. The lowest BCUT2D eigenvalue weighted by atomic mass is 10.1. The third kappa shape index (κ3) is 5.01. The summed E-state index contributed by atoms with van der Waals surface area (Å²) in [6.45, 7) is 5.40. The molecule has 0 radical (unpaired) electrons. The van der Waals surface area contributed by atoms with Crippen LogP contribution in [0.2, 0.25) is 0 Å². The van der Waals surface area contributed by atoms with E-state index in [2.05, 4.69) is 17.6 Å². The molecule has 110 valence electrons. The maximum atomic E-state index is 11.9. The molecule has 1 aromatic rings. The summed E-state index contributed by atoms with van der Waals surface area (Å²) in [5.74, 6) is -0.295. The Morgan fingerprint density at radius 3 is 2.55 bits per heavy atom. The van der Waals surface area contributed by atoms with Gasteiger partial charge in [0.05, 0.1) is 6.04 Å². The Morgan fingerprint density at radius 1 is 1.30 bits per heavy atom. The molecule has 0 bridgehead atoms. The lowest BCUT2D eigenvalue weighted by Gasteiger charge is -2.13. The normalized spacial score (nSPS) is 11.8. The zero-order valence-corrected chi connectivity index (χ0v) is 12.3. The van der Waals surface area contributed by atoms with Crippen LogP contribution in [0.1, 0.15) is 38.7 Å². The van der Waals surface area contributed by atoms with E-state index in [1.807, 2.05) is 13.0 Å². The highest BCUT2D eigenvalue weighted by atomic mass is 16.2. The Hall–Kier alpha value is -1.88. The molecule has 0 fully saturated rings. The largest absolute Gasteiger partial charge is 0.326 e. The summed E-state index contributed by atoms with van der Waals surface area (Å²) in [5, 5.41) is 5.52. The zero-order chi connectivity index (χ0) is 15.1. The van der Waals surface area contributed by atoms with Crippen LogP contribution in [0.3, 0.4) is 0 Å². The SMILES string of the molecule is CCCC[C@H](N)C(=O)Nc1ccc(NC(C)=O)c(C)c1. The van der Waals surface area contributed by atoms with Crippen molar-refractivity contribution < 1.29 is 9.59 Å². The molecule has 2 amide bonds. The monoisotopic (exact) mass is 277 g/mol. The average Bonchev–Trinajstić information content (AvgIpc) is 2.38. The van der Waals surface area contributed by atoms with Crippen molar-refractivity contribution in [3.8, 4) is 0 Å². The predicted molar refractivity (Wildman–Crippen MR) is 81.6 cm³/mol.